The monoisotopic (exact) mass is 410 g/mol. The SMILES string of the molecule is CC(c1ccc(-c2cccc(-c3noc(=O)[nH]3)c2)cc1)C(N)C(=O)N1CCC(F)C1. The number of H-pyrrole nitrogens is 1. The first kappa shape index (κ1) is 20.0. The van der Waals surface area contributed by atoms with Crippen LogP contribution in [-0.2, 0) is 4.79 Å². The third-order valence-electron chi connectivity index (χ3n) is 5.61. The number of nitrogens with one attached hydrogen (secondary N) is 1. The maximum absolute atomic E-state index is 13.4. The molecule has 0 bridgehead atoms. The minimum absolute atomic E-state index is 0.130. The Balaban J connectivity index is 1.50. The van der Waals surface area contributed by atoms with Gasteiger partial charge in [0, 0.05) is 18.0 Å². The normalized spacial score (nSPS) is 18.4. The van der Waals surface area contributed by atoms with Crippen LogP contribution in [0.4, 0.5) is 4.39 Å². The van der Waals surface area contributed by atoms with Crippen LogP contribution in [0.2, 0.25) is 0 Å². The molecule has 156 valence electrons. The summed E-state index contributed by atoms with van der Waals surface area (Å²) in [6.45, 7) is 2.46. The van der Waals surface area contributed by atoms with Gasteiger partial charge in [0.25, 0.3) is 0 Å². The van der Waals surface area contributed by atoms with Crippen molar-refractivity contribution in [2.24, 2.45) is 5.73 Å². The zero-order valence-electron chi connectivity index (χ0n) is 16.5. The van der Waals surface area contributed by atoms with Gasteiger partial charge in [-0.3, -0.25) is 14.3 Å². The number of benzene rings is 2. The molecule has 7 nitrogen and oxygen atoms in total. The van der Waals surface area contributed by atoms with Gasteiger partial charge in [0.2, 0.25) is 5.91 Å². The van der Waals surface area contributed by atoms with Crippen molar-refractivity contribution >= 4 is 5.91 Å². The number of amides is 1. The molecular formula is C22H23FN4O3. The first-order valence-electron chi connectivity index (χ1n) is 9.87. The van der Waals surface area contributed by atoms with E-state index in [2.05, 4.69) is 14.7 Å². The number of rotatable bonds is 5. The number of aromatic nitrogens is 2. The number of carbonyl (C=O) groups is 1. The van der Waals surface area contributed by atoms with Crippen LogP contribution in [0.5, 0.6) is 0 Å². The van der Waals surface area contributed by atoms with Crippen LogP contribution in [0.25, 0.3) is 22.5 Å². The maximum atomic E-state index is 13.4. The molecule has 2 heterocycles. The lowest BCUT2D eigenvalue weighted by molar-refractivity contribution is -0.132. The molecular weight excluding hydrogens is 387 g/mol. The second kappa shape index (κ2) is 8.23. The van der Waals surface area contributed by atoms with Gasteiger partial charge in [0.1, 0.15) is 6.17 Å². The van der Waals surface area contributed by atoms with Crippen molar-refractivity contribution in [1.29, 1.82) is 0 Å². The van der Waals surface area contributed by atoms with Crippen molar-refractivity contribution in [1.82, 2.24) is 15.0 Å². The summed E-state index contributed by atoms with van der Waals surface area (Å²) in [7, 11) is 0. The molecule has 3 atom stereocenters. The zero-order chi connectivity index (χ0) is 21.3. The number of carbonyl (C=O) groups excluding carboxylic acids is 1. The second-order valence-corrected chi connectivity index (χ2v) is 7.63. The largest absolute Gasteiger partial charge is 0.439 e. The summed E-state index contributed by atoms with van der Waals surface area (Å²) in [5.74, 6) is -0.637. The van der Waals surface area contributed by atoms with E-state index < -0.39 is 18.0 Å². The maximum Gasteiger partial charge on any atom is 0.439 e. The number of likely N-dealkylation sites (tertiary alicyclic amines) is 1. The van der Waals surface area contributed by atoms with Gasteiger partial charge < -0.3 is 10.6 Å². The molecule has 0 saturated carbocycles. The summed E-state index contributed by atoms with van der Waals surface area (Å²) >= 11 is 0. The van der Waals surface area contributed by atoms with Crippen molar-refractivity contribution in [3.8, 4) is 22.5 Å². The lowest BCUT2D eigenvalue weighted by Crippen LogP contribution is -2.45. The highest BCUT2D eigenvalue weighted by atomic mass is 19.1. The molecule has 3 aromatic rings. The Bertz CT molecular complexity index is 1090. The lowest BCUT2D eigenvalue weighted by Gasteiger charge is -2.25. The summed E-state index contributed by atoms with van der Waals surface area (Å²) < 4.78 is 18.0. The molecule has 3 N–H and O–H groups in total. The van der Waals surface area contributed by atoms with Gasteiger partial charge >= 0.3 is 5.76 Å². The Labute approximate surface area is 172 Å². The van der Waals surface area contributed by atoms with Crippen LogP contribution in [0, 0.1) is 0 Å². The fourth-order valence-electron chi connectivity index (χ4n) is 3.73. The molecule has 1 aliphatic rings. The second-order valence-electron chi connectivity index (χ2n) is 7.63. The molecule has 8 heteroatoms. The molecule has 4 rings (SSSR count). The van der Waals surface area contributed by atoms with Gasteiger partial charge in [-0.15, -0.1) is 0 Å². The number of hydrogen-bond acceptors (Lipinski definition) is 5. The minimum atomic E-state index is -0.957. The van der Waals surface area contributed by atoms with E-state index in [0.717, 1.165) is 22.3 Å². The van der Waals surface area contributed by atoms with Gasteiger partial charge in [0.05, 0.1) is 12.6 Å². The third kappa shape index (κ3) is 4.04. The Kier molecular flexibility index (Phi) is 5.50. The summed E-state index contributed by atoms with van der Waals surface area (Å²) in [5, 5.41) is 3.71. The lowest BCUT2D eigenvalue weighted by atomic mass is 9.91. The van der Waals surface area contributed by atoms with E-state index in [1.54, 1.807) is 0 Å². The number of aromatic amines is 1. The first-order valence-corrected chi connectivity index (χ1v) is 9.87. The molecule has 0 spiro atoms. The highest BCUT2D eigenvalue weighted by molar-refractivity contribution is 5.83. The van der Waals surface area contributed by atoms with E-state index in [4.69, 9.17) is 5.73 Å². The Morgan fingerprint density at radius 3 is 2.60 bits per heavy atom. The van der Waals surface area contributed by atoms with Crippen molar-refractivity contribution in [3.63, 3.8) is 0 Å². The van der Waals surface area contributed by atoms with E-state index in [1.165, 1.54) is 4.90 Å². The average Bonchev–Trinajstić information content (AvgIpc) is 3.40. The van der Waals surface area contributed by atoms with Crippen LogP contribution in [0.1, 0.15) is 24.8 Å². The van der Waals surface area contributed by atoms with Gasteiger partial charge in [-0.25, -0.2) is 9.18 Å². The Morgan fingerprint density at radius 2 is 1.97 bits per heavy atom. The first-order chi connectivity index (χ1) is 14.4. The minimum Gasteiger partial charge on any atom is -0.338 e. The van der Waals surface area contributed by atoms with Gasteiger partial charge in [0.15, 0.2) is 5.82 Å². The number of halogens is 1. The van der Waals surface area contributed by atoms with Crippen molar-refractivity contribution in [2.45, 2.75) is 31.5 Å². The predicted molar refractivity (Wildman–Crippen MR) is 110 cm³/mol. The fraction of sp³-hybridized carbons (Fsp3) is 0.318. The predicted octanol–water partition coefficient (Wildman–Crippen LogP) is 2.70. The molecule has 3 unspecified atom stereocenters. The highest BCUT2D eigenvalue weighted by Gasteiger charge is 2.32. The molecule has 1 saturated heterocycles. The molecule has 2 aromatic carbocycles. The smallest absolute Gasteiger partial charge is 0.338 e. The van der Waals surface area contributed by atoms with Crippen molar-refractivity contribution < 1.29 is 13.7 Å². The van der Waals surface area contributed by atoms with Crippen LogP contribution in [-0.4, -0.2) is 46.3 Å². The van der Waals surface area contributed by atoms with E-state index in [0.29, 0.717) is 18.8 Å². The van der Waals surface area contributed by atoms with Gasteiger partial charge in [-0.1, -0.05) is 54.5 Å². The molecule has 1 amide bonds. The number of alkyl halides is 1. The number of nitrogens with two attached hydrogens (primary N) is 1. The standard InChI is InChI=1S/C22H23FN4O3/c1-13(19(24)21(28)27-10-9-18(23)12-27)14-5-7-15(8-6-14)16-3-2-4-17(11-16)20-25-22(29)30-26-20/h2-8,11,13,18-19H,9-10,12,24H2,1H3,(H,25,26,29). The molecule has 1 aromatic heterocycles. The molecule has 30 heavy (non-hydrogen) atoms. The summed E-state index contributed by atoms with van der Waals surface area (Å²) in [6, 6.07) is 14.7. The molecule has 0 radical (unpaired) electrons. The van der Waals surface area contributed by atoms with Gasteiger partial charge in [-0.2, -0.15) is 0 Å². The fourth-order valence-corrected chi connectivity index (χ4v) is 3.73. The average molecular weight is 410 g/mol. The van der Waals surface area contributed by atoms with Crippen LogP contribution < -0.4 is 11.5 Å². The van der Waals surface area contributed by atoms with Crippen LogP contribution in [0.3, 0.4) is 0 Å². The van der Waals surface area contributed by atoms with Crippen LogP contribution >= 0.6 is 0 Å². The van der Waals surface area contributed by atoms with Crippen molar-refractivity contribution in [2.75, 3.05) is 13.1 Å². The molecule has 1 fully saturated rings. The molecule has 1 aliphatic heterocycles. The Hall–Kier alpha value is -3.26. The molecule has 0 aliphatic carbocycles. The highest BCUT2D eigenvalue weighted by Crippen LogP contribution is 2.27. The van der Waals surface area contributed by atoms with Crippen molar-refractivity contribution in [3.05, 3.63) is 64.6 Å². The zero-order valence-corrected chi connectivity index (χ0v) is 16.5. The Morgan fingerprint density at radius 1 is 1.23 bits per heavy atom. The van der Waals surface area contributed by atoms with E-state index in [-0.39, 0.29) is 18.4 Å². The summed E-state index contributed by atoms with van der Waals surface area (Å²) in [6.07, 6.45) is -0.579. The number of hydrogen-bond donors (Lipinski definition) is 2. The quantitative estimate of drug-likeness (QED) is 0.673. The van der Waals surface area contributed by atoms with Gasteiger partial charge in [-0.05, 0) is 29.2 Å². The topological polar surface area (TPSA) is 105 Å². The van der Waals surface area contributed by atoms with Crippen LogP contribution in [0.15, 0.2) is 57.8 Å². The summed E-state index contributed by atoms with van der Waals surface area (Å²) in [5.41, 5.74) is 9.79. The van der Waals surface area contributed by atoms with E-state index in [9.17, 15) is 14.0 Å². The number of nitrogens with zero attached hydrogens (tertiary/aromatic N) is 2. The third-order valence-corrected chi connectivity index (χ3v) is 5.61. The van der Waals surface area contributed by atoms with E-state index in [1.807, 2.05) is 55.5 Å². The van der Waals surface area contributed by atoms with E-state index >= 15 is 0 Å². The summed E-state index contributed by atoms with van der Waals surface area (Å²) in [4.78, 5) is 27.8.